The van der Waals surface area contributed by atoms with Gasteiger partial charge in [0.1, 0.15) is 12.2 Å². The van der Waals surface area contributed by atoms with Crippen molar-refractivity contribution in [2.45, 2.75) is 39.5 Å². The van der Waals surface area contributed by atoms with Crippen molar-refractivity contribution < 1.29 is 14.6 Å². The lowest BCUT2D eigenvalue weighted by Gasteiger charge is -2.22. The number of carbonyl (C=O) groups is 1. The van der Waals surface area contributed by atoms with Crippen LogP contribution in [-0.2, 0) is 11.3 Å². The lowest BCUT2D eigenvalue weighted by Crippen LogP contribution is -2.29. The summed E-state index contributed by atoms with van der Waals surface area (Å²) in [6.07, 6.45) is -0.714. The summed E-state index contributed by atoms with van der Waals surface area (Å²) < 4.78 is 8.47. The molecule has 28 heavy (non-hydrogen) atoms. The van der Waals surface area contributed by atoms with Gasteiger partial charge in [-0.2, -0.15) is 0 Å². The minimum atomic E-state index is -0.714. The zero-order valence-electron chi connectivity index (χ0n) is 16.2. The fraction of sp³-hybridized carbons (Fsp3) is 0.273. The van der Waals surface area contributed by atoms with Gasteiger partial charge in [-0.15, -0.1) is 0 Å². The van der Waals surface area contributed by atoms with Gasteiger partial charge in [-0.1, -0.05) is 48.5 Å². The van der Waals surface area contributed by atoms with Crippen molar-refractivity contribution in [3.63, 3.8) is 0 Å². The number of aliphatic hydroxyl groups excluding tert-OH is 1. The fourth-order valence-electron chi connectivity index (χ4n) is 3.16. The van der Waals surface area contributed by atoms with Crippen molar-refractivity contribution in [2.75, 3.05) is 0 Å². The Morgan fingerprint density at radius 3 is 2.18 bits per heavy atom. The second-order valence-electron chi connectivity index (χ2n) is 6.80. The molecule has 0 saturated heterocycles. The lowest BCUT2D eigenvalue weighted by atomic mass is 10.2. The Bertz CT molecular complexity index is 1000. The zero-order chi connectivity index (χ0) is 20.3. The minimum absolute atomic E-state index is 0.0210. The first-order chi connectivity index (χ1) is 13.4. The number of para-hydroxylation sites is 1. The zero-order valence-corrected chi connectivity index (χ0v) is 16.2. The molecule has 3 rings (SSSR count). The van der Waals surface area contributed by atoms with Crippen LogP contribution >= 0.6 is 0 Å². The maximum atomic E-state index is 13.2. The highest BCUT2D eigenvalue weighted by atomic mass is 16.5. The summed E-state index contributed by atoms with van der Waals surface area (Å²) in [7, 11) is 0. The van der Waals surface area contributed by atoms with E-state index in [0.717, 1.165) is 5.56 Å². The van der Waals surface area contributed by atoms with Gasteiger partial charge >= 0.3 is 5.97 Å². The Balaban J connectivity index is 2.04. The number of rotatable bonds is 6. The molecular formula is C22H24N2O4. The van der Waals surface area contributed by atoms with Gasteiger partial charge in [0.05, 0.1) is 23.5 Å². The Hall–Kier alpha value is -3.12. The van der Waals surface area contributed by atoms with E-state index in [4.69, 9.17) is 4.74 Å². The molecule has 0 aliphatic carbocycles. The third kappa shape index (κ3) is 3.77. The van der Waals surface area contributed by atoms with Crippen LogP contribution in [-0.4, -0.2) is 26.5 Å². The molecule has 1 aromatic heterocycles. The van der Waals surface area contributed by atoms with Crippen molar-refractivity contribution in [3.05, 3.63) is 87.8 Å². The third-order valence-corrected chi connectivity index (χ3v) is 4.83. The van der Waals surface area contributed by atoms with E-state index in [1.54, 1.807) is 37.6 Å². The van der Waals surface area contributed by atoms with Gasteiger partial charge in [-0.25, -0.2) is 9.48 Å². The van der Waals surface area contributed by atoms with Crippen molar-refractivity contribution in [1.82, 2.24) is 9.36 Å². The number of hydrogen-bond acceptors (Lipinski definition) is 4. The molecule has 0 spiro atoms. The van der Waals surface area contributed by atoms with Crippen LogP contribution in [0.15, 0.2) is 65.5 Å². The first-order valence-corrected chi connectivity index (χ1v) is 9.20. The SMILES string of the molecule is Cc1c(C(=O)OCc2ccccc2)c(=O)n(-c2ccccc2)n1[C@@H](C)[C@@H](C)O. The van der Waals surface area contributed by atoms with Gasteiger partial charge in [0.25, 0.3) is 5.56 Å². The average molecular weight is 380 g/mol. The minimum Gasteiger partial charge on any atom is -0.457 e. The number of aromatic nitrogens is 2. The van der Waals surface area contributed by atoms with E-state index in [-0.39, 0.29) is 12.2 Å². The van der Waals surface area contributed by atoms with Crippen molar-refractivity contribution in [1.29, 1.82) is 0 Å². The monoisotopic (exact) mass is 380 g/mol. The van der Waals surface area contributed by atoms with E-state index in [1.165, 1.54) is 4.68 Å². The topological polar surface area (TPSA) is 73.5 Å². The van der Waals surface area contributed by atoms with Crippen LogP contribution in [0.1, 0.15) is 41.5 Å². The van der Waals surface area contributed by atoms with Crippen LogP contribution in [0.25, 0.3) is 5.69 Å². The van der Waals surface area contributed by atoms with Crippen molar-refractivity contribution in [2.24, 2.45) is 0 Å². The Kier molecular flexibility index (Phi) is 5.80. The number of carbonyl (C=O) groups excluding carboxylic acids is 1. The molecule has 0 bridgehead atoms. The molecule has 0 aliphatic rings. The van der Waals surface area contributed by atoms with Crippen molar-refractivity contribution in [3.8, 4) is 5.69 Å². The van der Waals surface area contributed by atoms with Crippen LogP contribution in [0.5, 0.6) is 0 Å². The summed E-state index contributed by atoms with van der Waals surface area (Å²) in [5, 5.41) is 10.1. The molecular weight excluding hydrogens is 356 g/mol. The van der Waals surface area contributed by atoms with Crippen LogP contribution in [0, 0.1) is 6.92 Å². The third-order valence-electron chi connectivity index (χ3n) is 4.83. The molecule has 6 heteroatoms. The van der Waals surface area contributed by atoms with Gasteiger partial charge in [0.15, 0.2) is 0 Å². The fourth-order valence-corrected chi connectivity index (χ4v) is 3.16. The highest BCUT2D eigenvalue weighted by Crippen LogP contribution is 2.20. The lowest BCUT2D eigenvalue weighted by molar-refractivity contribution is 0.0469. The van der Waals surface area contributed by atoms with E-state index in [0.29, 0.717) is 11.4 Å². The van der Waals surface area contributed by atoms with Gasteiger partial charge in [-0.3, -0.25) is 9.48 Å². The quantitative estimate of drug-likeness (QED) is 0.666. The smallest absolute Gasteiger partial charge is 0.346 e. The average Bonchev–Trinajstić information content (AvgIpc) is 2.97. The standard InChI is InChI=1S/C22H24N2O4/c1-15(17(3)25)23-16(2)20(21(26)24(23)19-12-8-5-9-13-19)22(27)28-14-18-10-6-4-7-11-18/h4-13,15,17,25H,14H2,1-3H3/t15-,17+/m0/s1. The van der Waals surface area contributed by atoms with E-state index in [1.807, 2.05) is 48.5 Å². The van der Waals surface area contributed by atoms with Gasteiger partial charge in [0.2, 0.25) is 0 Å². The molecule has 0 amide bonds. The molecule has 1 heterocycles. The van der Waals surface area contributed by atoms with Crippen LogP contribution in [0.4, 0.5) is 0 Å². The van der Waals surface area contributed by atoms with Crippen LogP contribution in [0.2, 0.25) is 0 Å². The van der Waals surface area contributed by atoms with Crippen LogP contribution < -0.4 is 5.56 Å². The molecule has 0 aliphatic heterocycles. The molecule has 2 aromatic carbocycles. The summed E-state index contributed by atoms with van der Waals surface area (Å²) in [6.45, 7) is 5.23. The number of nitrogens with zero attached hydrogens (tertiary/aromatic N) is 2. The number of hydrogen-bond donors (Lipinski definition) is 1. The molecule has 0 unspecified atom stereocenters. The van der Waals surface area contributed by atoms with E-state index in [9.17, 15) is 14.7 Å². The summed E-state index contributed by atoms with van der Waals surface area (Å²) in [5.74, 6) is -0.674. The second-order valence-corrected chi connectivity index (χ2v) is 6.80. The summed E-state index contributed by atoms with van der Waals surface area (Å²) in [6, 6.07) is 17.9. The summed E-state index contributed by atoms with van der Waals surface area (Å²) in [4.78, 5) is 25.9. The van der Waals surface area contributed by atoms with Crippen LogP contribution in [0.3, 0.4) is 0 Å². The first kappa shape index (κ1) is 19.6. The Morgan fingerprint density at radius 2 is 1.61 bits per heavy atom. The molecule has 6 nitrogen and oxygen atoms in total. The molecule has 2 atom stereocenters. The Morgan fingerprint density at radius 1 is 1.04 bits per heavy atom. The molecule has 0 fully saturated rings. The summed E-state index contributed by atoms with van der Waals surface area (Å²) >= 11 is 0. The van der Waals surface area contributed by atoms with Gasteiger partial charge in [0, 0.05) is 0 Å². The maximum Gasteiger partial charge on any atom is 0.346 e. The predicted molar refractivity (Wildman–Crippen MR) is 107 cm³/mol. The van der Waals surface area contributed by atoms with E-state index in [2.05, 4.69) is 0 Å². The van der Waals surface area contributed by atoms with Gasteiger partial charge < -0.3 is 9.84 Å². The largest absolute Gasteiger partial charge is 0.457 e. The number of esters is 1. The number of ether oxygens (including phenoxy) is 1. The van der Waals surface area contributed by atoms with E-state index >= 15 is 0 Å². The predicted octanol–water partition coefficient (Wildman–Crippen LogP) is 3.25. The second kappa shape index (κ2) is 8.27. The molecule has 1 N–H and O–H groups in total. The maximum absolute atomic E-state index is 13.2. The molecule has 0 radical (unpaired) electrons. The number of benzene rings is 2. The number of aliphatic hydroxyl groups is 1. The summed E-state index contributed by atoms with van der Waals surface area (Å²) in [5.41, 5.74) is 1.43. The normalized spacial score (nSPS) is 13.1. The first-order valence-electron chi connectivity index (χ1n) is 9.20. The molecule has 3 aromatic rings. The van der Waals surface area contributed by atoms with E-state index < -0.39 is 23.7 Å². The molecule has 146 valence electrons. The highest BCUT2D eigenvalue weighted by molar-refractivity contribution is 5.90. The molecule has 0 saturated carbocycles. The highest BCUT2D eigenvalue weighted by Gasteiger charge is 2.28. The van der Waals surface area contributed by atoms with Crippen molar-refractivity contribution >= 4 is 5.97 Å². The van der Waals surface area contributed by atoms with Gasteiger partial charge in [-0.05, 0) is 38.5 Å². The Labute approximate surface area is 163 Å².